The Morgan fingerprint density at radius 1 is 1.14 bits per heavy atom. The van der Waals surface area contributed by atoms with Gasteiger partial charge in [0, 0.05) is 31.7 Å². The fourth-order valence-electron chi connectivity index (χ4n) is 2.74. The summed E-state index contributed by atoms with van der Waals surface area (Å²) in [5.74, 6) is -0.0971. The van der Waals surface area contributed by atoms with Gasteiger partial charge in [-0.15, -0.1) is 0 Å². The van der Waals surface area contributed by atoms with Crippen molar-refractivity contribution in [2.24, 2.45) is 0 Å². The van der Waals surface area contributed by atoms with Crippen LogP contribution < -0.4 is 5.32 Å². The molecule has 0 fully saturated rings. The Labute approximate surface area is 168 Å². The summed E-state index contributed by atoms with van der Waals surface area (Å²) < 4.78 is 40.9. The highest BCUT2D eigenvalue weighted by molar-refractivity contribution is 7.89. The van der Waals surface area contributed by atoms with E-state index in [0.29, 0.717) is 12.2 Å². The lowest BCUT2D eigenvalue weighted by molar-refractivity contribution is -0.116. The normalized spacial score (nSPS) is 11.6. The number of carbonyl (C=O) groups excluding carboxylic acids is 1. The van der Waals surface area contributed by atoms with Crippen LogP contribution in [0.5, 0.6) is 0 Å². The van der Waals surface area contributed by atoms with Gasteiger partial charge in [0.05, 0.1) is 11.4 Å². The largest absolute Gasteiger partial charge is 0.331 e. The first-order valence-electron chi connectivity index (χ1n) is 8.84. The van der Waals surface area contributed by atoms with Crippen molar-refractivity contribution in [1.82, 2.24) is 13.9 Å². The Morgan fingerprint density at radius 3 is 2.38 bits per heavy atom. The molecule has 0 unspecified atom stereocenters. The lowest BCUT2D eigenvalue weighted by Gasteiger charge is -2.17. The van der Waals surface area contributed by atoms with Crippen molar-refractivity contribution in [3.63, 3.8) is 0 Å². The number of carbonyl (C=O) groups is 1. The number of amides is 1. The minimum atomic E-state index is -3.89. The molecule has 0 radical (unpaired) electrons. The average Bonchev–Trinajstić information content (AvgIpc) is 3.08. The molecular formula is C20H21FN4O3S. The summed E-state index contributed by atoms with van der Waals surface area (Å²) in [6.45, 7) is 2.22. The number of rotatable bonds is 7. The molecule has 1 aromatic heterocycles. The number of aryl methyl sites for hydroxylation is 1. The summed E-state index contributed by atoms with van der Waals surface area (Å²) >= 11 is 0. The Hall–Kier alpha value is -3.04. The van der Waals surface area contributed by atoms with Gasteiger partial charge in [-0.05, 0) is 48.9 Å². The molecule has 0 atom stereocenters. The lowest BCUT2D eigenvalue weighted by Crippen LogP contribution is -2.34. The van der Waals surface area contributed by atoms with Crippen LogP contribution in [0.15, 0.2) is 65.8 Å². The average molecular weight is 416 g/mol. The third-order valence-corrected chi connectivity index (χ3v) is 6.22. The van der Waals surface area contributed by atoms with E-state index in [-0.39, 0.29) is 11.4 Å². The fourth-order valence-corrected chi connectivity index (χ4v) is 3.86. The van der Waals surface area contributed by atoms with E-state index >= 15 is 0 Å². The summed E-state index contributed by atoms with van der Waals surface area (Å²) in [6, 6.07) is 11.7. The van der Waals surface area contributed by atoms with Crippen molar-refractivity contribution >= 4 is 21.6 Å². The maximum atomic E-state index is 13.0. The van der Waals surface area contributed by atoms with Crippen LogP contribution in [0.25, 0.3) is 0 Å². The number of hydrogen-bond donors (Lipinski definition) is 1. The number of nitrogens with zero attached hydrogens (tertiary/aromatic N) is 3. The molecule has 1 amide bonds. The lowest BCUT2D eigenvalue weighted by atomic mass is 10.2. The number of hydrogen-bond acceptors (Lipinski definition) is 4. The van der Waals surface area contributed by atoms with Crippen LogP contribution in [0.4, 0.5) is 10.1 Å². The van der Waals surface area contributed by atoms with Crippen LogP contribution >= 0.6 is 0 Å². The van der Waals surface area contributed by atoms with Crippen LogP contribution in [0, 0.1) is 12.7 Å². The first-order chi connectivity index (χ1) is 13.8. The summed E-state index contributed by atoms with van der Waals surface area (Å²) in [7, 11) is -2.59. The number of anilines is 1. The first kappa shape index (κ1) is 20.7. The highest BCUT2D eigenvalue weighted by Gasteiger charge is 2.23. The molecule has 152 valence electrons. The van der Waals surface area contributed by atoms with Gasteiger partial charge in [0.25, 0.3) is 0 Å². The molecule has 29 heavy (non-hydrogen) atoms. The first-order valence-corrected chi connectivity index (χ1v) is 10.3. The molecule has 0 bridgehead atoms. The molecule has 3 rings (SSSR count). The van der Waals surface area contributed by atoms with E-state index in [0.717, 1.165) is 27.8 Å². The third-order valence-electron chi connectivity index (χ3n) is 4.40. The van der Waals surface area contributed by atoms with E-state index in [9.17, 15) is 17.6 Å². The van der Waals surface area contributed by atoms with Gasteiger partial charge in [-0.25, -0.2) is 17.8 Å². The van der Waals surface area contributed by atoms with Gasteiger partial charge in [0.15, 0.2) is 0 Å². The van der Waals surface area contributed by atoms with Gasteiger partial charge in [0.2, 0.25) is 15.9 Å². The second kappa shape index (κ2) is 8.54. The van der Waals surface area contributed by atoms with E-state index in [1.54, 1.807) is 18.3 Å². The number of nitrogens with one attached hydrogen (secondary N) is 1. The van der Waals surface area contributed by atoms with Crippen molar-refractivity contribution in [3.8, 4) is 0 Å². The molecule has 7 nitrogen and oxygen atoms in total. The van der Waals surface area contributed by atoms with Gasteiger partial charge >= 0.3 is 0 Å². The number of likely N-dealkylation sites (N-methyl/N-ethyl adjacent to an activating group) is 1. The second-order valence-corrected chi connectivity index (χ2v) is 8.61. The number of aromatic nitrogens is 2. The zero-order valence-electron chi connectivity index (χ0n) is 16.0. The SMILES string of the molecule is Cc1nccn1Cc1ccc(NC(=O)CN(C)S(=O)(=O)c2ccc(F)cc2)cc1. The van der Waals surface area contributed by atoms with Crippen LogP contribution in [0.3, 0.4) is 0 Å². The molecular weight excluding hydrogens is 395 g/mol. The highest BCUT2D eigenvalue weighted by Crippen LogP contribution is 2.16. The van der Waals surface area contributed by atoms with Gasteiger partial charge < -0.3 is 9.88 Å². The Bertz CT molecular complexity index is 1090. The van der Waals surface area contributed by atoms with E-state index in [2.05, 4.69) is 10.3 Å². The van der Waals surface area contributed by atoms with Crippen LogP contribution in [-0.2, 0) is 21.4 Å². The van der Waals surface area contributed by atoms with E-state index in [1.165, 1.54) is 19.2 Å². The molecule has 0 saturated carbocycles. The number of benzene rings is 2. The summed E-state index contributed by atoms with van der Waals surface area (Å²) in [5.41, 5.74) is 1.61. The molecule has 0 aliphatic rings. The quantitative estimate of drug-likeness (QED) is 0.642. The molecule has 1 N–H and O–H groups in total. The van der Waals surface area contributed by atoms with Crippen molar-refractivity contribution in [1.29, 1.82) is 0 Å². The standard InChI is InChI=1S/C20H21FN4O3S/c1-15-22-11-12-25(15)13-16-3-7-18(8-4-16)23-20(26)14-24(2)29(27,28)19-9-5-17(21)6-10-19/h3-12H,13-14H2,1-2H3,(H,23,26). The predicted molar refractivity (Wildman–Crippen MR) is 107 cm³/mol. The van der Waals surface area contributed by atoms with Crippen molar-refractivity contribution in [2.75, 3.05) is 18.9 Å². The van der Waals surface area contributed by atoms with Gasteiger partial charge in [-0.1, -0.05) is 12.1 Å². The zero-order valence-corrected chi connectivity index (χ0v) is 16.9. The van der Waals surface area contributed by atoms with Crippen molar-refractivity contribution in [2.45, 2.75) is 18.4 Å². The van der Waals surface area contributed by atoms with Gasteiger partial charge in [0.1, 0.15) is 11.6 Å². The Balaban J connectivity index is 1.60. The number of halogens is 1. The molecule has 9 heteroatoms. The molecule has 2 aromatic carbocycles. The van der Waals surface area contributed by atoms with E-state index in [4.69, 9.17) is 0 Å². The molecule has 3 aromatic rings. The van der Waals surface area contributed by atoms with E-state index in [1.807, 2.05) is 29.8 Å². The predicted octanol–water partition coefficient (Wildman–Crippen LogP) is 2.64. The minimum absolute atomic E-state index is 0.0756. The summed E-state index contributed by atoms with van der Waals surface area (Å²) in [6.07, 6.45) is 3.63. The summed E-state index contributed by atoms with van der Waals surface area (Å²) in [5, 5.41) is 2.68. The highest BCUT2D eigenvalue weighted by atomic mass is 32.2. The molecule has 0 aliphatic carbocycles. The topological polar surface area (TPSA) is 84.3 Å². The smallest absolute Gasteiger partial charge is 0.243 e. The zero-order chi connectivity index (χ0) is 21.0. The molecule has 1 heterocycles. The molecule has 0 spiro atoms. The van der Waals surface area contributed by atoms with E-state index < -0.39 is 21.7 Å². The Morgan fingerprint density at radius 2 is 1.79 bits per heavy atom. The second-order valence-electron chi connectivity index (χ2n) is 6.56. The Kier molecular flexibility index (Phi) is 6.09. The van der Waals surface area contributed by atoms with Crippen LogP contribution in [0.2, 0.25) is 0 Å². The van der Waals surface area contributed by atoms with Gasteiger partial charge in [-0.2, -0.15) is 4.31 Å². The number of imidazole rings is 1. The molecule has 0 saturated heterocycles. The third kappa shape index (κ3) is 5.07. The number of sulfonamides is 1. The van der Waals surface area contributed by atoms with Gasteiger partial charge in [-0.3, -0.25) is 4.79 Å². The minimum Gasteiger partial charge on any atom is -0.331 e. The van der Waals surface area contributed by atoms with Crippen LogP contribution in [0.1, 0.15) is 11.4 Å². The maximum Gasteiger partial charge on any atom is 0.243 e. The fraction of sp³-hybridized carbons (Fsp3) is 0.200. The van der Waals surface area contributed by atoms with Crippen LogP contribution in [-0.4, -0.2) is 41.8 Å². The maximum absolute atomic E-state index is 13.0. The van der Waals surface area contributed by atoms with Crippen molar-refractivity contribution in [3.05, 3.63) is 78.1 Å². The van der Waals surface area contributed by atoms with Crippen molar-refractivity contribution < 1.29 is 17.6 Å². The molecule has 0 aliphatic heterocycles. The monoisotopic (exact) mass is 416 g/mol. The summed E-state index contributed by atoms with van der Waals surface area (Å²) in [4.78, 5) is 16.4.